The lowest BCUT2D eigenvalue weighted by Crippen LogP contribution is -2.47. The molecule has 0 bridgehead atoms. The molecule has 0 aromatic rings. The van der Waals surface area contributed by atoms with Gasteiger partial charge in [0.05, 0.1) is 0 Å². The summed E-state index contributed by atoms with van der Waals surface area (Å²) in [6, 6.07) is -0.0751. The van der Waals surface area contributed by atoms with E-state index in [1.807, 2.05) is 11.8 Å². The van der Waals surface area contributed by atoms with E-state index in [9.17, 15) is 9.59 Å². The first-order valence-electron chi connectivity index (χ1n) is 6.70. The van der Waals surface area contributed by atoms with Gasteiger partial charge >= 0.3 is 0 Å². The maximum absolute atomic E-state index is 12.3. The van der Waals surface area contributed by atoms with Gasteiger partial charge in [-0.2, -0.15) is 0 Å². The Hall–Kier alpha value is -1.06. The van der Waals surface area contributed by atoms with Crippen LogP contribution in [-0.2, 0) is 9.59 Å². The molecule has 2 unspecified atom stereocenters. The smallest absolute Gasteiger partial charge is 0.245 e. The first-order chi connectivity index (χ1) is 8.10. The Balaban J connectivity index is 2.75. The highest BCUT2D eigenvalue weighted by atomic mass is 16.2. The summed E-state index contributed by atoms with van der Waals surface area (Å²) in [6.45, 7) is 6.78. The third kappa shape index (κ3) is 3.72. The molecular formula is C13H24N2O2. The molecule has 1 rings (SSSR count). The number of carbonyl (C=O) groups excluding carboxylic acids is 2. The zero-order valence-electron chi connectivity index (χ0n) is 11.2. The van der Waals surface area contributed by atoms with E-state index >= 15 is 0 Å². The van der Waals surface area contributed by atoms with Crippen LogP contribution >= 0.6 is 0 Å². The summed E-state index contributed by atoms with van der Waals surface area (Å²) in [6.07, 6.45) is 4.14. The molecular weight excluding hydrogens is 216 g/mol. The van der Waals surface area contributed by atoms with Crippen LogP contribution in [0.5, 0.6) is 0 Å². The van der Waals surface area contributed by atoms with Gasteiger partial charge in [-0.3, -0.25) is 9.59 Å². The summed E-state index contributed by atoms with van der Waals surface area (Å²) in [5.74, 6) is 0.0987. The van der Waals surface area contributed by atoms with Crippen molar-refractivity contribution in [3.05, 3.63) is 0 Å². The van der Waals surface area contributed by atoms with Crippen molar-refractivity contribution in [1.82, 2.24) is 10.2 Å². The molecule has 1 fully saturated rings. The number of hydrogen-bond acceptors (Lipinski definition) is 2. The predicted octanol–water partition coefficient (Wildman–Crippen LogP) is 1.69. The molecule has 0 radical (unpaired) electrons. The zero-order valence-corrected chi connectivity index (χ0v) is 11.2. The number of nitrogens with one attached hydrogen (secondary N) is 1. The van der Waals surface area contributed by atoms with E-state index in [0.29, 0.717) is 13.0 Å². The Morgan fingerprint density at radius 1 is 1.35 bits per heavy atom. The van der Waals surface area contributed by atoms with Crippen molar-refractivity contribution in [2.24, 2.45) is 0 Å². The van der Waals surface area contributed by atoms with E-state index in [-0.39, 0.29) is 23.9 Å². The largest absolute Gasteiger partial charge is 0.344 e. The van der Waals surface area contributed by atoms with Crippen molar-refractivity contribution in [3.8, 4) is 0 Å². The van der Waals surface area contributed by atoms with Gasteiger partial charge in [0.1, 0.15) is 6.04 Å². The van der Waals surface area contributed by atoms with Gasteiger partial charge in [0.25, 0.3) is 0 Å². The molecule has 1 aliphatic heterocycles. The Labute approximate surface area is 104 Å². The molecule has 1 aliphatic rings. The van der Waals surface area contributed by atoms with Crippen molar-refractivity contribution in [1.29, 1.82) is 0 Å². The highest BCUT2D eigenvalue weighted by Crippen LogP contribution is 2.14. The Morgan fingerprint density at radius 2 is 2.06 bits per heavy atom. The van der Waals surface area contributed by atoms with Gasteiger partial charge in [0.15, 0.2) is 0 Å². The topological polar surface area (TPSA) is 49.4 Å². The molecule has 1 saturated heterocycles. The number of nitrogens with zero attached hydrogens (tertiary/aromatic N) is 1. The molecule has 0 aliphatic carbocycles. The van der Waals surface area contributed by atoms with Crippen LogP contribution in [0.3, 0.4) is 0 Å². The summed E-state index contributed by atoms with van der Waals surface area (Å²) in [5, 5.41) is 2.83. The number of amides is 2. The zero-order chi connectivity index (χ0) is 12.8. The normalized spacial score (nSPS) is 23.2. The molecule has 1 N–H and O–H groups in total. The first-order valence-corrected chi connectivity index (χ1v) is 6.70. The van der Waals surface area contributed by atoms with E-state index in [4.69, 9.17) is 0 Å². The Bertz CT molecular complexity index is 279. The van der Waals surface area contributed by atoms with Gasteiger partial charge in [0, 0.05) is 19.0 Å². The Kier molecular flexibility index (Phi) is 5.45. The minimum Gasteiger partial charge on any atom is -0.344 e. The number of carbonyl (C=O) groups is 2. The summed E-state index contributed by atoms with van der Waals surface area (Å²) < 4.78 is 0. The maximum atomic E-state index is 12.3. The molecule has 0 saturated carbocycles. The van der Waals surface area contributed by atoms with Crippen molar-refractivity contribution < 1.29 is 9.59 Å². The lowest BCUT2D eigenvalue weighted by atomic mass is 10.1. The molecule has 0 aromatic heterocycles. The summed E-state index contributed by atoms with van der Waals surface area (Å²) >= 11 is 0. The molecule has 2 atom stereocenters. The number of hydrogen-bond donors (Lipinski definition) is 1. The van der Waals surface area contributed by atoms with Crippen molar-refractivity contribution >= 4 is 11.8 Å². The van der Waals surface area contributed by atoms with Crippen LogP contribution in [0.2, 0.25) is 0 Å². The summed E-state index contributed by atoms with van der Waals surface area (Å²) in [5.41, 5.74) is 0. The second kappa shape index (κ2) is 6.62. The van der Waals surface area contributed by atoms with Gasteiger partial charge in [-0.1, -0.05) is 26.7 Å². The predicted molar refractivity (Wildman–Crippen MR) is 67.5 cm³/mol. The second-order valence-electron chi connectivity index (χ2n) is 4.83. The van der Waals surface area contributed by atoms with Crippen molar-refractivity contribution in [3.63, 3.8) is 0 Å². The molecule has 98 valence electrons. The minimum atomic E-state index is -0.311. The van der Waals surface area contributed by atoms with E-state index in [1.165, 1.54) is 0 Å². The lowest BCUT2D eigenvalue weighted by Gasteiger charge is -2.29. The molecule has 1 heterocycles. The van der Waals surface area contributed by atoms with Crippen LogP contribution < -0.4 is 5.32 Å². The standard InChI is InChI=1S/C13H24N2O2/c1-4-6-10(3)15-9-8-12(16)14-11(7-5-2)13(15)17/h10-11H,4-9H2,1-3H3,(H,14,16). The number of rotatable bonds is 5. The lowest BCUT2D eigenvalue weighted by molar-refractivity contribution is -0.135. The van der Waals surface area contributed by atoms with Crippen LogP contribution in [0.4, 0.5) is 0 Å². The first kappa shape index (κ1) is 14.0. The van der Waals surface area contributed by atoms with Gasteiger partial charge in [-0.05, 0) is 19.8 Å². The highest BCUT2D eigenvalue weighted by molar-refractivity contribution is 5.90. The van der Waals surface area contributed by atoms with Gasteiger partial charge in [-0.15, -0.1) is 0 Å². The van der Waals surface area contributed by atoms with Gasteiger partial charge in [-0.25, -0.2) is 0 Å². The fraction of sp³-hybridized carbons (Fsp3) is 0.846. The highest BCUT2D eigenvalue weighted by Gasteiger charge is 2.31. The Morgan fingerprint density at radius 3 is 2.65 bits per heavy atom. The van der Waals surface area contributed by atoms with Crippen LogP contribution in [-0.4, -0.2) is 35.3 Å². The molecule has 4 nitrogen and oxygen atoms in total. The fourth-order valence-electron chi connectivity index (χ4n) is 2.36. The van der Waals surface area contributed by atoms with E-state index in [2.05, 4.69) is 19.2 Å². The van der Waals surface area contributed by atoms with E-state index in [1.54, 1.807) is 0 Å². The minimum absolute atomic E-state index is 0.00278. The maximum Gasteiger partial charge on any atom is 0.245 e. The molecule has 2 amide bonds. The second-order valence-corrected chi connectivity index (χ2v) is 4.83. The molecule has 4 heteroatoms. The molecule has 0 aromatic carbocycles. The third-order valence-corrected chi connectivity index (χ3v) is 3.31. The quantitative estimate of drug-likeness (QED) is 0.795. The van der Waals surface area contributed by atoms with Crippen molar-refractivity contribution in [2.75, 3.05) is 6.54 Å². The van der Waals surface area contributed by atoms with Crippen LogP contribution in [0.1, 0.15) is 52.9 Å². The van der Waals surface area contributed by atoms with Crippen LogP contribution in [0.15, 0.2) is 0 Å². The van der Waals surface area contributed by atoms with Gasteiger partial charge in [0.2, 0.25) is 11.8 Å². The van der Waals surface area contributed by atoms with Gasteiger partial charge < -0.3 is 10.2 Å². The third-order valence-electron chi connectivity index (χ3n) is 3.31. The SMILES string of the molecule is CCCC1NC(=O)CCN(C(C)CCC)C1=O. The summed E-state index contributed by atoms with van der Waals surface area (Å²) in [7, 11) is 0. The molecule has 17 heavy (non-hydrogen) atoms. The monoisotopic (exact) mass is 240 g/mol. The van der Waals surface area contributed by atoms with Crippen molar-refractivity contribution in [2.45, 2.75) is 65.0 Å². The average molecular weight is 240 g/mol. The van der Waals surface area contributed by atoms with E-state index < -0.39 is 0 Å². The van der Waals surface area contributed by atoms with E-state index in [0.717, 1.165) is 25.7 Å². The fourth-order valence-corrected chi connectivity index (χ4v) is 2.36. The molecule has 0 spiro atoms. The summed E-state index contributed by atoms with van der Waals surface area (Å²) in [4.78, 5) is 25.7. The average Bonchev–Trinajstić information content (AvgIpc) is 2.41. The van der Waals surface area contributed by atoms with Crippen LogP contribution in [0.25, 0.3) is 0 Å². The van der Waals surface area contributed by atoms with Crippen LogP contribution in [0, 0.1) is 0 Å².